The first kappa shape index (κ1) is 12.0. The Hall–Kier alpha value is -2.05. The molecule has 1 atom stereocenters. The number of carbonyl (C=O) groups excluding carboxylic acids is 2. The number of amides is 2. The van der Waals surface area contributed by atoms with Gasteiger partial charge in [0, 0.05) is 6.20 Å². The van der Waals surface area contributed by atoms with E-state index in [9.17, 15) is 14.7 Å². The molecule has 1 N–H and O–H groups in total. The van der Waals surface area contributed by atoms with Gasteiger partial charge in [0.1, 0.15) is 5.69 Å². The van der Waals surface area contributed by atoms with E-state index in [-0.39, 0.29) is 12.2 Å². The van der Waals surface area contributed by atoms with Crippen LogP contribution in [-0.4, -0.2) is 33.3 Å². The van der Waals surface area contributed by atoms with E-state index in [2.05, 4.69) is 4.98 Å². The fourth-order valence-corrected chi connectivity index (χ4v) is 2.73. The van der Waals surface area contributed by atoms with Gasteiger partial charge in [-0.15, -0.1) is 0 Å². The SMILES string of the molecule is O=C1c2cccnc2C(=O)N1CC(O)c1ccsc1. The first-order valence-corrected chi connectivity index (χ1v) is 6.64. The third-order valence-electron chi connectivity index (χ3n) is 3.01. The second-order valence-corrected chi connectivity index (χ2v) is 4.97. The van der Waals surface area contributed by atoms with E-state index >= 15 is 0 Å². The minimum atomic E-state index is -0.867. The Labute approximate surface area is 113 Å². The summed E-state index contributed by atoms with van der Waals surface area (Å²) >= 11 is 1.45. The zero-order valence-electron chi connectivity index (χ0n) is 9.81. The third-order valence-corrected chi connectivity index (χ3v) is 3.72. The molecule has 19 heavy (non-hydrogen) atoms. The molecule has 1 unspecified atom stereocenters. The summed E-state index contributed by atoms with van der Waals surface area (Å²) in [5.41, 5.74) is 1.16. The predicted molar refractivity (Wildman–Crippen MR) is 68.9 cm³/mol. The molecule has 1 aliphatic heterocycles. The molecule has 3 heterocycles. The lowest BCUT2D eigenvalue weighted by Gasteiger charge is -2.17. The molecule has 0 radical (unpaired) electrons. The fraction of sp³-hybridized carbons (Fsp3) is 0.154. The first-order valence-electron chi connectivity index (χ1n) is 5.70. The number of aliphatic hydroxyl groups excluding tert-OH is 1. The van der Waals surface area contributed by atoms with Crippen molar-refractivity contribution < 1.29 is 14.7 Å². The summed E-state index contributed by atoms with van der Waals surface area (Å²) in [7, 11) is 0. The van der Waals surface area contributed by atoms with E-state index in [1.165, 1.54) is 17.5 Å². The Bertz CT molecular complexity index is 604. The molecule has 0 aromatic carbocycles. The number of hydrogen-bond acceptors (Lipinski definition) is 5. The lowest BCUT2D eigenvalue weighted by atomic mass is 10.2. The molecule has 0 fully saturated rings. The van der Waals surface area contributed by atoms with Gasteiger partial charge in [-0.3, -0.25) is 19.5 Å². The Morgan fingerprint density at radius 3 is 2.84 bits per heavy atom. The molecule has 0 aliphatic carbocycles. The summed E-state index contributed by atoms with van der Waals surface area (Å²) < 4.78 is 0. The molecule has 0 spiro atoms. The highest BCUT2D eigenvalue weighted by Gasteiger charge is 2.37. The lowest BCUT2D eigenvalue weighted by molar-refractivity contribution is 0.0542. The van der Waals surface area contributed by atoms with Crippen LogP contribution in [0.4, 0.5) is 0 Å². The van der Waals surface area contributed by atoms with Crippen LogP contribution in [-0.2, 0) is 0 Å². The van der Waals surface area contributed by atoms with Crippen LogP contribution in [0.3, 0.4) is 0 Å². The van der Waals surface area contributed by atoms with Gasteiger partial charge < -0.3 is 5.11 Å². The van der Waals surface area contributed by atoms with Crippen LogP contribution >= 0.6 is 11.3 Å². The van der Waals surface area contributed by atoms with Crippen LogP contribution in [0, 0.1) is 0 Å². The highest BCUT2D eigenvalue weighted by molar-refractivity contribution is 7.07. The molecule has 2 amide bonds. The number of β-amino-alcohol motifs (C(OH)–C–C–N with tert-alkyl or cyclic N) is 1. The maximum atomic E-state index is 12.1. The number of imide groups is 1. The average Bonchev–Trinajstić information content (AvgIpc) is 3.03. The Morgan fingerprint density at radius 2 is 2.16 bits per heavy atom. The zero-order valence-corrected chi connectivity index (χ0v) is 10.6. The number of aromatic nitrogens is 1. The number of aliphatic hydroxyl groups is 1. The molecule has 96 valence electrons. The van der Waals surface area contributed by atoms with Crippen LogP contribution in [0.1, 0.15) is 32.5 Å². The number of thiophene rings is 1. The monoisotopic (exact) mass is 274 g/mol. The van der Waals surface area contributed by atoms with Gasteiger partial charge in [0.25, 0.3) is 11.8 Å². The third kappa shape index (κ3) is 1.94. The van der Waals surface area contributed by atoms with Crippen molar-refractivity contribution in [3.8, 4) is 0 Å². The summed E-state index contributed by atoms with van der Waals surface area (Å²) in [6.45, 7) is -0.0508. The van der Waals surface area contributed by atoms with Gasteiger partial charge in [0.05, 0.1) is 18.2 Å². The second-order valence-electron chi connectivity index (χ2n) is 4.19. The molecule has 6 heteroatoms. The molecule has 0 saturated heterocycles. The van der Waals surface area contributed by atoms with Crippen molar-refractivity contribution in [2.45, 2.75) is 6.10 Å². The number of rotatable bonds is 3. The molecule has 0 bridgehead atoms. The molecule has 5 nitrogen and oxygen atoms in total. The Kier molecular flexibility index (Phi) is 2.88. The van der Waals surface area contributed by atoms with Crippen molar-refractivity contribution in [1.82, 2.24) is 9.88 Å². The van der Waals surface area contributed by atoms with Crippen molar-refractivity contribution in [2.75, 3.05) is 6.54 Å². The van der Waals surface area contributed by atoms with Gasteiger partial charge in [-0.05, 0) is 34.5 Å². The molecule has 0 saturated carbocycles. The van der Waals surface area contributed by atoms with Gasteiger partial charge in [0.15, 0.2) is 0 Å². The number of nitrogens with zero attached hydrogens (tertiary/aromatic N) is 2. The molecule has 2 aromatic rings. The summed E-state index contributed by atoms with van der Waals surface area (Å²) in [5.74, 6) is -0.850. The molecular weight excluding hydrogens is 264 g/mol. The van der Waals surface area contributed by atoms with Crippen LogP contribution in [0.15, 0.2) is 35.2 Å². The summed E-state index contributed by atoms with van der Waals surface area (Å²) in [4.78, 5) is 29.1. The number of fused-ring (bicyclic) bond motifs is 1. The normalized spacial score (nSPS) is 15.7. The van der Waals surface area contributed by atoms with Crippen molar-refractivity contribution >= 4 is 23.2 Å². The average molecular weight is 274 g/mol. The van der Waals surface area contributed by atoms with E-state index < -0.39 is 17.9 Å². The zero-order chi connectivity index (χ0) is 13.4. The molecule has 3 rings (SSSR count). The number of carbonyl (C=O) groups is 2. The standard InChI is InChI=1S/C13H10N2O3S/c16-10(8-3-5-19-7-8)6-15-12(17)9-2-1-4-14-11(9)13(15)18/h1-5,7,10,16H,6H2. The van der Waals surface area contributed by atoms with Gasteiger partial charge in [-0.25, -0.2) is 0 Å². The highest BCUT2D eigenvalue weighted by Crippen LogP contribution is 2.24. The van der Waals surface area contributed by atoms with Crippen molar-refractivity contribution in [2.24, 2.45) is 0 Å². The number of hydrogen-bond donors (Lipinski definition) is 1. The van der Waals surface area contributed by atoms with Gasteiger partial charge in [-0.1, -0.05) is 0 Å². The van der Waals surface area contributed by atoms with Crippen molar-refractivity contribution in [3.05, 3.63) is 52.0 Å². The van der Waals surface area contributed by atoms with Crippen LogP contribution in [0.25, 0.3) is 0 Å². The smallest absolute Gasteiger partial charge is 0.280 e. The van der Waals surface area contributed by atoms with Gasteiger partial charge in [0.2, 0.25) is 0 Å². The molecule has 2 aromatic heterocycles. The van der Waals surface area contributed by atoms with Crippen molar-refractivity contribution in [3.63, 3.8) is 0 Å². The Morgan fingerprint density at radius 1 is 1.32 bits per heavy atom. The molecule has 1 aliphatic rings. The van der Waals surface area contributed by atoms with Crippen LogP contribution in [0.5, 0.6) is 0 Å². The van der Waals surface area contributed by atoms with E-state index in [1.54, 1.807) is 23.6 Å². The maximum Gasteiger partial charge on any atom is 0.280 e. The van der Waals surface area contributed by atoms with Gasteiger partial charge in [-0.2, -0.15) is 11.3 Å². The molecular formula is C13H10N2O3S. The van der Waals surface area contributed by atoms with Crippen molar-refractivity contribution in [1.29, 1.82) is 0 Å². The fourth-order valence-electron chi connectivity index (χ4n) is 2.02. The van der Waals surface area contributed by atoms with Crippen LogP contribution < -0.4 is 0 Å². The van der Waals surface area contributed by atoms with E-state index in [4.69, 9.17) is 0 Å². The highest BCUT2D eigenvalue weighted by atomic mass is 32.1. The predicted octanol–water partition coefficient (Wildman–Crippen LogP) is 1.47. The van der Waals surface area contributed by atoms with E-state index in [1.807, 2.05) is 5.38 Å². The van der Waals surface area contributed by atoms with Gasteiger partial charge >= 0.3 is 0 Å². The maximum absolute atomic E-state index is 12.1. The van der Waals surface area contributed by atoms with E-state index in [0.29, 0.717) is 11.1 Å². The second kappa shape index (κ2) is 4.56. The topological polar surface area (TPSA) is 70.5 Å². The Balaban J connectivity index is 1.85. The number of pyridine rings is 1. The van der Waals surface area contributed by atoms with Crippen LogP contribution in [0.2, 0.25) is 0 Å². The van der Waals surface area contributed by atoms with E-state index in [0.717, 1.165) is 4.90 Å². The largest absolute Gasteiger partial charge is 0.387 e. The summed E-state index contributed by atoms with van der Waals surface area (Å²) in [6, 6.07) is 4.95. The minimum absolute atomic E-state index is 0.0508. The summed E-state index contributed by atoms with van der Waals surface area (Å²) in [6.07, 6.45) is 0.608. The first-order chi connectivity index (χ1) is 9.18. The minimum Gasteiger partial charge on any atom is -0.387 e. The quantitative estimate of drug-likeness (QED) is 0.860. The summed E-state index contributed by atoms with van der Waals surface area (Å²) in [5, 5.41) is 13.7. The lowest BCUT2D eigenvalue weighted by Crippen LogP contribution is -2.33.